The zero-order valence-electron chi connectivity index (χ0n) is 10.5. The van der Waals surface area contributed by atoms with Crippen LogP contribution < -0.4 is 11.1 Å². The number of amides is 1. The van der Waals surface area contributed by atoms with Crippen molar-refractivity contribution in [3.05, 3.63) is 17.7 Å². The Bertz CT molecular complexity index is 473. The van der Waals surface area contributed by atoms with Crippen LogP contribution in [0.4, 0.5) is 5.69 Å². The molecule has 0 fully saturated rings. The number of aromatic nitrogens is 2. The van der Waals surface area contributed by atoms with Crippen molar-refractivity contribution in [3.63, 3.8) is 0 Å². The van der Waals surface area contributed by atoms with E-state index in [0.29, 0.717) is 5.82 Å². The van der Waals surface area contributed by atoms with E-state index in [1.54, 1.807) is 0 Å². The Morgan fingerprint density at radius 2 is 2.00 bits per heavy atom. The summed E-state index contributed by atoms with van der Waals surface area (Å²) in [6.45, 7) is 5.25. The molecule has 1 amide bonds. The number of hydrogen-bond acceptors (Lipinski definition) is 5. The maximum atomic E-state index is 11.1. The van der Waals surface area contributed by atoms with Crippen molar-refractivity contribution >= 4 is 17.6 Å². The van der Waals surface area contributed by atoms with E-state index in [9.17, 15) is 9.59 Å². The molecule has 0 aliphatic carbocycles. The van der Waals surface area contributed by atoms with Gasteiger partial charge in [-0.15, -0.1) is 0 Å². The van der Waals surface area contributed by atoms with Gasteiger partial charge in [0.1, 0.15) is 11.9 Å². The van der Waals surface area contributed by atoms with Crippen LogP contribution in [-0.4, -0.2) is 33.0 Å². The van der Waals surface area contributed by atoms with Crippen molar-refractivity contribution in [2.45, 2.75) is 32.7 Å². The summed E-state index contributed by atoms with van der Waals surface area (Å²) in [5.74, 6) is -1.31. The zero-order chi connectivity index (χ0) is 13.9. The SMILES string of the molecule is CC(Nc1cnc(C(C)C)nc1C(=O)O)C(N)=O. The van der Waals surface area contributed by atoms with Crippen LogP contribution in [0.25, 0.3) is 0 Å². The molecule has 4 N–H and O–H groups in total. The highest BCUT2D eigenvalue weighted by molar-refractivity contribution is 5.93. The number of hydrogen-bond donors (Lipinski definition) is 3. The highest BCUT2D eigenvalue weighted by Gasteiger charge is 2.18. The van der Waals surface area contributed by atoms with Gasteiger partial charge in [0.2, 0.25) is 5.91 Å². The molecule has 1 heterocycles. The van der Waals surface area contributed by atoms with Gasteiger partial charge in [-0.2, -0.15) is 0 Å². The Morgan fingerprint density at radius 3 is 2.44 bits per heavy atom. The van der Waals surface area contributed by atoms with Gasteiger partial charge in [-0.05, 0) is 6.92 Å². The standard InChI is InChI=1S/C11H16N4O3/c1-5(2)10-13-4-7(8(15-10)11(17)18)14-6(3)9(12)16/h4-6,14H,1-3H3,(H2,12,16)(H,17,18). The Morgan fingerprint density at radius 1 is 1.39 bits per heavy atom. The number of aromatic carboxylic acids is 1. The predicted molar refractivity (Wildman–Crippen MR) is 65.4 cm³/mol. The molecule has 0 aromatic carbocycles. The largest absolute Gasteiger partial charge is 0.476 e. The van der Waals surface area contributed by atoms with Crippen LogP contribution >= 0.6 is 0 Å². The highest BCUT2D eigenvalue weighted by atomic mass is 16.4. The van der Waals surface area contributed by atoms with Crippen LogP contribution in [0.5, 0.6) is 0 Å². The topological polar surface area (TPSA) is 118 Å². The van der Waals surface area contributed by atoms with Gasteiger partial charge in [0.25, 0.3) is 0 Å². The van der Waals surface area contributed by atoms with E-state index in [1.807, 2.05) is 13.8 Å². The van der Waals surface area contributed by atoms with Gasteiger partial charge in [-0.25, -0.2) is 14.8 Å². The van der Waals surface area contributed by atoms with Gasteiger partial charge in [0.05, 0.1) is 11.9 Å². The molecule has 0 spiro atoms. The minimum absolute atomic E-state index is 0.0192. The fourth-order valence-corrected chi connectivity index (χ4v) is 1.25. The third kappa shape index (κ3) is 3.16. The first-order valence-corrected chi connectivity index (χ1v) is 5.49. The van der Waals surface area contributed by atoms with Crippen molar-refractivity contribution in [1.82, 2.24) is 9.97 Å². The number of anilines is 1. The Hall–Kier alpha value is -2.18. The normalized spacial score (nSPS) is 12.2. The van der Waals surface area contributed by atoms with E-state index in [1.165, 1.54) is 13.1 Å². The zero-order valence-corrected chi connectivity index (χ0v) is 10.5. The second-order valence-electron chi connectivity index (χ2n) is 4.22. The molecule has 18 heavy (non-hydrogen) atoms. The van der Waals surface area contributed by atoms with E-state index in [0.717, 1.165) is 0 Å². The number of nitrogens with two attached hydrogens (primary N) is 1. The molecule has 7 heteroatoms. The molecule has 98 valence electrons. The van der Waals surface area contributed by atoms with Gasteiger partial charge in [0.15, 0.2) is 5.69 Å². The van der Waals surface area contributed by atoms with Gasteiger partial charge >= 0.3 is 5.97 Å². The number of carboxylic acid groups (broad SMARTS) is 1. The minimum Gasteiger partial charge on any atom is -0.476 e. The number of carbonyl (C=O) groups excluding carboxylic acids is 1. The molecule has 0 aliphatic heterocycles. The molecule has 1 aromatic heterocycles. The lowest BCUT2D eigenvalue weighted by atomic mass is 10.2. The lowest BCUT2D eigenvalue weighted by Crippen LogP contribution is -2.33. The average Bonchev–Trinajstić information content (AvgIpc) is 2.28. The summed E-state index contributed by atoms with van der Waals surface area (Å²) in [4.78, 5) is 30.0. The van der Waals surface area contributed by atoms with Crippen molar-refractivity contribution in [2.24, 2.45) is 5.73 Å². The van der Waals surface area contributed by atoms with E-state index in [4.69, 9.17) is 10.8 Å². The molecule has 0 saturated carbocycles. The first-order valence-electron chi connectivity index (χ1n) is 5.49. The molecule has 1 aromatic rings. The van der Waals surface area contributed by atoms with Crippen LogP contribution in [0, 0.1) is 0 Å². The van der Waals surface area contributed by atoms with Crippen molar-refractivity contribution in [2.75, 3.05) is 5.32 Å². The molecular weight excluding hydrogens is 236 g/mol. The Balaban J connectivity index is 3.12. The lowest BCUT2D eigenvalue weighted by molar-refractivity contribution is -0.118. The first-order chi connectivity index (χ1) is 8.32. The fourth-order valence-electron chi connectivity index (χ4n) is 1.25. The highest BCUT2D eigenvalue weighted by Crippen LogP contribution is 2.17. The maximum absolute atomic E-state index is 11.1. The van der Waals surface area contributed by atoms with Crippen LogP contribution in [-0.2, 0) is 4.79 Å². The number of nitrogens with zero attached hydrogens (tertiary/aromatic N) is 2. The third-order valence-corrected chi connectivity index (χ3v) is 2.33. The van der Waals surface area contributed by atoms with Gasteiger partial charge in [-0.3, -0.25) is 4.79 Å². The third-order valence-electron chi connectivity index (χ3n) is 2.33. The van der Waals surface area contributed by atoms with Crippen molar-refractivity contribution in [3.8, 4) is 0 Å². The summed E-state index contributed by atoms with van der Waals surface area (Å²) >= 11 is 0. The Labute approximate surface area is 104 Å². The van der Waals surface area contributed by atoms with Crippen molar-refractivity contribution < 1.29 is 14.7 Å². The van der Waals surface area contributed by atoms with Gasteiger partial charge in [0, 0.05) is 5.92 Å². The molecule has 1 rings (SSSR count). The van der Waals surface area contributed by atoms with Crippen LogP contribution in [0.3, 0.4) is 0 Å². The molecule has 7 nitrogen and oxygen atoms in total. The summed E-state index contributed by atoms with van der Waals surface area (Å²) in [6.07, 6.45) is 1.35. The van der Waals surface area contributed by atoms with E-state index in [2.05, 4.69) is 15.3 Å². The predicted octanol–water partition coefficient (Wildman–Crippen LogP) is 0.584. The van der Waals surface area contributed by atoms with Crippen LogP contribution in [0.15, 0.2) is 6.20 Å². The second kappa shape index (κ2) is 5.44. The number of carboxylic acids is 1. The minimum atomic E-state index is -1.18. The van der Waals surface area contributed by atoms with Crippen molar-refractivity contribution in [1.29, 1.82) is 0 Å². The molecule has 0 aliphatic rings. The molecule has 1 atom stereocenters. The van der Waals surface area contributed by atoms with E-state index < -0.39 is 17.9 Å². The first kappa shape index (κ1) is 13.9. The average molecular weight is 252 g/mol. The monoisotopic (exact) mass is 252 g/mol. The lowest BCUT2D eigenvalue weighted by Gasteiger charge is -2.14. The summed E-state index contributed by atoms with van der Waals surface area (Å²) in [5.41, 5.74) is 5.11. The molecular formula is C11H16N4O3. The van der Waals surface area contributed by atoms with Crippen LogP contribution in [0.2, 0.25) is 0 Å². The maximum Gasteiger partial charge on any atom is 0.356 e. The summed E-state index contributed by atoms with van der Waals surface area (Å²) in [5, 5.41) is 11.8. The molecule has 0 saturated heterocycles. The smallest absolute Gasteiger partial charge is 0.356 e. The number of primary amides is 1. The molecule has 0 bridgehead atoms. The quantitative estimate of drug-likeness (QED) is 0.705. The van der Waals surface area contributed by atoms with Gasteiger partial charge in [-0.1, -0.05) is 13.8 Å². The number of carbonyl (C=O) groups is 2. The van der Waals surface area contributed by atoms with Gasteiger partial charge < -0.3 is 16.2 Å². The molecule has 1 unspecified atom stereocenters. The number of nitrogens with one attached hydrogen (secondary N) is 1. The molecule has 0 radical (unpaired) electrons. The Kier molecular flexibility index (Phi) is 4.19. The second-order valence-corrected chi connectivity index (χ2v) is 4.22. The summed E-state index contributed by atoms with van der Waals surface area (Å²) in [6, 6.07) is -0.698. The van der Waals surface area contributed by atoms with Crippen LogP contribution in [0.1, 0.15) is 43.0 Å². The van der Waals surface area contributed by atoms with E-state index >= 15 is 0 Å². The van der Waals surface area contributed by atoms with E-state index in [-0.39, 0.29) is 17.3 Å². The summed E-state index contributed by atoms with van der Waals surface area (Å²) in [7, 11) is 0. The fraction of sp³-hybridized carbons (Fsp3) is 0.455. The number of rotatable bonds is 5. The summed E-state index contributed by atoms with van der Waals surface area (Å²) < 4.78 is 0.